The summed E-state index contributed by atoms with van der Waals surface area (Å²) >= 11 is 0. The Bertz CT molecular complexity index is 1230. The van der Waals surface area contributed by atoms with E-state index in [4.69, 9.17) is 9.47 Å². The Balaban J connectivity index is 1.97. The summed E-state index contributed by atoms with van der Waals surface area (Å²) in [6.45, 7) is 0.371. The van der Waals surface area contributed by atoms with Gasteiger partial charge in [-0.15, -0.1) is 0 Å². The number of para-hydroxylation sites is 2. The number of aromatic amines is 1. The van der Waals surface area contributed by atoms with Gasteiger partial charge in [0.05, 0.1) is 25.3 Å². The van der Waals surface area contributed by atoms with E-state index in [1.54, 1.807) is 24.9 Å². The molecule has 0 spiro atoms. The van der Waals surface area contributed by atoms with Gasteiger partial charge in [-0.25, -0.2) is 9.78 Å². The molecule has 0 atom stereocenters. The fourth-order valence-electron chi connectivity index (χ4n) is 3.07. The summed E-state index contributed by atoms with van der Waals surface area (Å²) in [5.74, 6) is 1.44. The van der Waals surface area contributed by atoms with E-state index < -0.39 is 11.2 Å². The average Bonchev–Trinajstić information content (AvgIpc) is 2.68. The average molecular weight is 364 g/mol. The predicted octanol–water partition coefficient (Wildman–Crippen LogP) is 1.65. The van der Waals surface area contributed by atoms with Crippen LogP contribution in [0, 0.1) is 0 Å². The summed E-state index contributed by atoms with van der Waals surface area (Å²) in [6.07, 6.45) is 0. The number of aromatic nitrogens is 4. The fourth-order valence-corrected chi connectivity index (χ4v) is 3.07. The smallest absolute Gasteiger partial charge is 0.349 e. The SMILES string of the molecule is COc1ccc(Cn2c3nc(=O)[nH]c(=O)c-3nc3ccccc32)cc1OC. The molecule has 2 heterocycles. The van der Waals surface area contributed by atoms with Gasteiger partial charge in [-0.1, -0.05) is 18.2 Å². The number of rotatable bonds is 4. The number of methoxy groups -OCH3 is 2. The molecule has 0 aromatic heterocycles. The first-order chi connectivity index (χ1) is 13.1. The lowest BCUT2D eigenvalue weighted by molar-refractivity contribution is 0.354. The summed E-state index contributed by atoms with van der Waals surface area (Å²) in [4.78, 5) is 34.5. The normalized spacial score (nSPS) is 11.0. The van der Waals surface area contributed by atoms with Crippen molar-refractivity contribution in [1.82, 2.24) is 19.5 Å². The quantitative estimate of drug-likeness (QED) is 0.553. The van der Waals surface area contributed by atoms with Gasteiger partial charge < -0.3 is 14.0 Å². The van der Waals surface area contributed by atoms with Gasteiger partial charge in [0.15, 0.2) is 23.0 Å². The fraction of sp³-hybridized carbons (Fsp3) is 0.158. The molecule has 0 fully saturated rings. The molecule has 2 aromatic carbocycles. The third-order valence-electron chi connectivity index (χ3n) is 4.30. The first-order valence-electron chi connectivity index (χ1n) is 8.21. The standard InChI is InChI=1S/C19H16N4O4/c1-26-14-8-7-11(9-15(14)27-2)10-23-13-6-4-3-5-12(13)20-16-17(23)21-19(25)22-18(16)24/h3-9H,10H2,1-2H3,(H,22,24,25). The minimum absolute atomic E-state index is 0.119. The zero-order valence-electron chi connectivity index (χ0n) is 14.7. The lowest BCUT2D eigenvalue weighted by Gasteiger charge is -2.17. The van der Waals surface area contributed by atoms with Crippen LogP contribution in [0.25, 0.3) is 22.6 Å². The molecule has 8 heteroatoms. The second-order valence-corrected chi connectivity index (χ2v) is 5.92. The molecule has 0 radical (unpaired) electrons. The maximum Gasteiger partial charge on any atom is 0.349 e. The van der Waals surface area contributed by atoms with Gasteiger partial charge in [0.2, 0.25) is 0 Å². The lowest BCUT2D eigenvalue weighted by Crippen LogP contribution is -2.29. The number of nitrogens with zero attached hydrogens (tertiary/aromatic N) is 3. The summed E-state index contributed by atoms with van der Waals surface area (Å²) in [5, 5.41) is 0. The lowest BCUT2D eigenvalue weighted by atomic mass is 10.1. The highest BCUT2D eigenvalue weighted by Crippen LogP contribution is 2.29. The number of H-pyrrole nitrogens is 1. The van der Waals surface area contributed by atoms with Crippen molar-refractivity contribution in [1.29, 1.82) is 0 Å². The Labute approximate surface area is 153 Å². The molecule has 2 aliphatic heterocycles. The van der Waals surface area contributed by atoms with Crippen LogP contribution in [-0.4, -0.2) is 33.7 Å². The second kappa shape index (κ2) is 6.56. The van der Waals surface area contributed by atoms with E-state index in [-0.39, 0.29) is 11.5 Å². The molecule has 0 unspecified atom stereocenters. The number of fused-ring (bicyclic) bond motifs is 2. The summed E-state index contributed by atoms with van der Waals surface area (Å²) in [5.41, 5.74) is 1.15. The number of nitrogens with one attached hydrogen (secondary N) is 1. The van der Waals surface area contributed by atoms with Crippen LogP contribution in [0.15, 0.2) is 52.1 Å². The molecule has 0 saturated carbocycles. The number of hydrogen-bond acceptors (Lipinski definition) is 6. The Morgan fingerprint density at radius 3 is 2.56 bits per heavy atom. The molecule has 2 aliphatic rings. The Morgan fingerprint density at radius 2 is 1.78 bits per heavy atom. The van der Waals surface area contributed by atoms with E-state index in [0.29, 0.717) is 23.6 Å². The van der Waals surface area contributed by atoms with Crippen LogP contribution < -0.4 is 20.7 Å². The number of benzene rings is 2. The van der Waals surface area contributed by atoms with Gasteiger partial charge in [-0.3, -0.25) is 9.78 Å². The number of hydrogen-bond donors (Lipinski definition) is 1. The molecular formula is C19H16N4O4. The highest BCUT2D eigenvalue weighted by Gasteiger charge is 2.19. The van der Waals surface area contributed by atoms with Crippen LogP contribution in [0.5, 0.6) is 11.5 Å². The van der Waals surface area contributed by atoms with Crippen LogP contribution in [-0.2, 0) is 6.54 Å². The highest BCUT2D eigenvalue weighted by atomic mass is 16.5. The molecule has 2 aromatic rings. The van der Waals surface area contributed by atoms with E-state index in [0.717, 1.165) is 11.1 Å². The van der Waals surface area contributed by atoms with Crippen LogP contribution in [0.2, 0.25) is 0 Å². The molecule has 0 bridgehead atoms. The first-order valence-corrected chi connectivity index (χ1v) is 8.21. The summed E-state index contributed by atoms with van der Waals surface area (Å²) in [6, 6.07) is 12.9. The van der Waals surface area contributed by atoms with E-state index >= 15 is 0 Å². The Hall–Kier alpha value is -3.68. The molecule has 0 saturated heterocycles. The second-order valence-electron chi connectivity index (χ2n) is 5.92. The topological polar surface area (TPSA) is 99.1 Å². The van der Waals surface area contributed by atoms with Crippen molar-refractivity contribution in [3.8, 4) is 23.0 Å². The van der Waals surface area contributed by atoms with E-state index in [9.17, 15) is 9.59 Å². The van der Waals surface area contributed by atoms with E-state index in [1.807, 2.05) is 36.4 Å². The van der Waals surface area contributed by atoms with Gasteiger partial charge in [-0.05, 0) is 29.8 Å². The summed E-state index contributed by atoms with van der Waals surface area (Å²) in [7, 11) is 3.14. The van der Waals surface area contributed by atoms with Crippen molar-refractivity contribution < 1.29 is 9.47 Å². The van der Waals surface area contributed by atoms with Crippen molar-refractivity contribution >= 4 is 11.0 Å². The largest absolute Gasteiger partial charge is 0.493 e. The first kappa shape index (κ1) is 16.8. The van der Waals surface area contributed by atoms with Gasteiger partial charge in [-0.2, -0.15) is 4.98 Å². The van der Waals surface area contributed by atoms with E-state index in [1.165, 1.54) is 0 Å². The number of ether oxygens (including phenoxy) is 2. The molecule has 8 nitrogen and oxygen atoms in total. The molecular weight excluding hydrogens is 348 g/mol. The zero-order chi connectivity index (χ0) is 19.0. The van der Waals surface area contributed by atoms with Gasteiger partial charge in [0, 0.05) is 6.54 Å². The van der Waals surface area contributed by atoms with Gasteiger partial charge in [0.1, 0.15) is 0 Å². The molecule has 4 rings (SSSR count). The van der Waals surface area contributed by atoms with Crippen molar-refractivity contribution in [3.63, 3.8) is 0 Å². The molecule has 136 valence electrons. The molecule has 0 aliphatic carbocycles. The van der Waals surface area contributed by atoms with Crippen LogP contribution >= 0.6 is 0 Å². The van der Waals surface area contributed by atoms with Crippen molar-refractivity contribution in [2.75, 3.05) is 14.2 Å². The Morgan fingerprint density at radius 1 is 1.00 bits per heavy atom. The molecule has 27 heavy (non-hydrogen) atoms. The van der Waals surface area contributed by atoms with E-state index in [2.05, 4.69) is 15.0 Å². The predicted molar refractivity (Wildman–Crippen MR) is 99.7 cm³/mol. The highest BCUT2D eigenvalue weighted by molar-refractivity contribution is 5.79. The maximum absolute atomic E-state index is 12.2. The van der Waals surface area contributed by atoms with Gasteiger partial charge >= 0.3 is 5.69 Å². The van der Waals surface area contributed by atoms with Crippen molar-refractivity contribution in [3.05, 3.63) is 68.9 Å². The minimum atomic E-state index is -0.703. The minimum Gasteiger partial charge on any atom is -0.493 e. The van der Waals surface area contributed by atoms with Crippen LogP contribution in [0.4, 0.5) is 0 Å². The Kier molecular flexibility index (Phi) is 4.08. The molecule has 1 N–H and O–H groups in total. The monoisotopic (exact) mass is 364 g/mol. The van der Waals surface area contributed by atoms with Gasteiger partial charge in [0.25, 0.3) is 5.56 Å². The third-order valence-corrected chi connectivity index (χ3v) is 4.30. The van der Waals surface area contributed by atoms with Crippen LogP contribution in [0.1, 0.15) is 5.56 Å². The van der Waals surface area contributed by atoms with Crippen molar-refractivity contribution in [2.24, 2.45) is 0 Å². The summed E-state index contributed by atoms with van der Waals surface area (Å²) < 4.78 is 12.4. The third kappa shape index (κ3) is 2.91. The maximum atomic E-state index is 12.2. The van der Waals surface area contributed by atoms with Crippen molar-refractivity contribution in [2.45, 2.75) is 6.54 Å². The van der Waals surface area contributed by atoms with Crippen LogP contribution in [0.3, 0.4) is 0 Å². The zero-order valence-corrected chi connectivity index (χ0v) is 14.7. The molecule has 0 amide bonds.